The molecule has 3 aromatic rings. The number of ether oxygens (including phenoxy) is 1. The molecule has 1 aliphatic rings. The second kappa shape index (κ2) is 10.7. The molecule has 2 aromatic heterocycles. The maximum atomic E-state index is 14.0. The molecule has 0 spiro atoms. The Morgan fingerprint density at radius 3 is 2.72 bits per heavy atom. The van der Waals surface area contributed by atoms with Crippen LogP contribution in [-0.4, -0.2) is 34.9 Å². The molecule has 192 valence electrons. The van der Waals surface area contributed by atoms with Crippen LogP contribution in [0.4, 0.5) is 10.2 Å². The minimum Gasteiger partial charge on any atom is -0.478 e. The molecule has 4 N–H and O–H groups in total. The number of aromatic nitrogens is 1. The Labute approximate surface area is 219 Å². The van der Waals surface area contributed by atoms with Crippen LogP contribution in [-0.2, 0) is 4.79 Å². The van der Waals surface area contributed by atoms with E-state index < -0.39 is 18.0 Å². The first-order valence-corrected chi connectivity index (χ1v) is 12.5. The zero-order chi connectivity index (χ0) is 26.1. The molecular weight excluding hydrogens is 506 g/mol. The number of rotatable bonds is 7. The summed E-state index contributed by atoms with van der Waals surface area (Å²) in [6, 6.07) is 2.12. The number of fused-ring (bicyclic) bond motifs is 1. The van der Waals surface area contributed by atoms with Gasteiger partial charge in [0.1, 0.15) is 11.9 Å². The summed E-state index contributed by atoms with van der Waals surface area (Å²) in [6.45, 7) is 6.81. The van der Waals surface area contributed by atoms with E-state index in [1.54, 1.807) is 24.3 Å². The summed E-state index contributed by atoms with van der Waals surface area (Å²) in [5.41, 5.74) is 14.8. The molecule has 0 aliphatic carbocycles. The second-order valence-corrected chi connectivity index (χ2v) is 10.2. The standard InChI is InChI=1S/C26H29Cl2FN4O3/c1-13(2)10-20(30)26(34)33-8-6-15(7-9-33)17-12-35-23-16(17)11-32-25(31)24(23)36-14(3)21-18(27)4-5-19(29)22(21)28/h4-6,11-14,20H,7-10,30H2,1-3H3,(H2,31,32). The molecule has 0 radical (unpaired) electrons. The monoisotopic (exact) mass is 534 g/mol. The van der Waals surface area contributed by atoms with Crippen molar-refractivity contribution in [3.63, 3.8) is 0 Å². The quantitative estimate of drug-likeness (QED) is 0.360. The number of nitrogens with zero attached hydrogens (tertiary/aromatic N) is 2. The van der Waals surface area contributed by atoms with Gasteiger partial charge in [-0.1, -0.05) is 43.1 Å². The van der Waals surface area contributed by atoms with Crippen molar-refractivity contribution in [3.05, 3.63) is 57.7 Å². The van der Waals surface area contributed by atoms with Gasteiger partial charge in [0.05, 0.1) is 22.7 Å². The number of nitrogens with two attached hydrogens (primary N) is 2. The van der Waals surface area contributed by atoms with Gasteiger partial charge in [0.25, 0.3) is 0 Å². The van der Waals surface area contributed by atoms with E-state index in [4.69, 9.17) is 43.8 Å². The molecular formula is C26H29Cl2FN4O3. The van der Waals surface area contributed by atoms with E-state index in [1.807, 2.05) is 19.9 Å². The molecule has 0 fully saturated rings. The lowest BCUT2D eigenvalue weighted by molar-refractivity contribution is -0.132. The number of hydrogen-bond acceptors (Lipinski definition) is 6. The molecule has 10 heteroatoms. The molecule has 1 amide bonds. The highest BCUT2D eigenvalue weighted by atomic mass is 35.5. The zero-order valence-electron chi connectivity index (χ0n) is 20.4. The van der Waals surface area contributed by atoms with Gasteiger partial charge in [0, 0.05) is 35.4 Å². The maximum absolute atomic E-state index is 14.0. The summed E-state index contributed by atoms with van der Waals surface area (Å²) in [6.07, 6.45) is 5.81. The first kappa shape index (κ1) is 26.3. The molecule has 1 aliphatic heterocycles. The predicted molar refractivity (Wildman–Crippen MR) is 140 cm³/mol. The van der Waals surface area contributed by atoms with Crippen LogP contribution in [0.5, 0.6) is 5.75 Å². The Morgan fingerprint density at radius 1 is 1.31 bits per heavy atom. The average molecular weight is 535 g/mol. The Hall–Kier alpha value is -2.81. The smallest absolute Gasteiger partial charge is 0.239 e. The van der Waals surface area contributed by atoms with Crippen molar-refractivity contribution in [3.8, 4) is 5.75 Å². The highest BCUT2D eigenvalue weighted by Gasteiger charge is 2.26. The fraction of sp³-hybridized carbons (Fsp3) is 0.385. The maximum Gasteiger partial charge on any atom is 0.239 e. The third-order valence-electron chi connectivity index (χ3n) is 6.29. The fourth-order valence-corrected chi connectivity index (χ4v) is 5.13. The Bertz CT molecular complexity index is 1320. The number of furan rings is 1. The highest BCUT2D eigenvalue weighted by Crippen LogP contribution is 2.41. The Balaban J connectivity index is 1.59. The Kier molecular flexibility index (Phi) is 7.78. The van der Waals surface area contributed by atoms with Crippen molar-refractivity contribution in [1.29, 1.82) is 0 Å². The van der Waals surface area contributed by atoms with E-state index >= 15 is 0 Å². The number of benzene rings is 1. The van der Waals surface area contributed by atoms with Crippen molar-refractivity contribution >= 4 is 51.5 Å². The molecule has 0 saturated carbocycles. The number of pyridine rings is 1. The first-order chi connectivity index (χ1) is 17.1. The van der Waals surface area contributed by atoms with Gasteiger partial charge in [-0.2, -0.15) is 0 Å². The van der Waals surface area contributed by atoms with Crippen LogP contribution < -0.4 is 16.2 Å². The lowest BCUT2D eigenvalue weighted by Gasteiger charge is -2.29. The Morgan fingerprint density at radius 2 is 2.06 bits per heavy atom. The predicted octanol–water partition coefficient (Wildman–Crippen LogP) is 5.99. The SMILES string of the molecule is CC(C)CC(N)C(=O)N1CC=C(c2coc3c(OC(C)c4c(Cl)ccc(F)c4Cl)c(N)ncc23)CC1. The summed E-state index contributed by atoms with van der Waals surface area (Å²) in [7, 11) is 0. The van der Waals surface area contributed by atoms with Gasteiger partial charge in [-0.25, -0.2) is 9.37 Å². The molecule has 36 heavy (non-hydrogen) atoms. The van der Waals surface area contributed by atoms with Crippen molar-refractivity contribution in [1.82, 2.24) is 9.88 Å². The fourth-order valence-electron chi connectivity index (χ4n) is 4.45. The number of amides is 1. The van der Waals surface area contributed by atoms with Gasteiger partial charge in [0.2, 0.25) is 11.7 Å². The van der Waals surface area contributed by atoms with Crippen molar-refractivity contribution in [2.75, 3.05) is 18.8 Å². The zero-order valence-corrected chi connectivity index (χ0v) is 21.9. The van der Waals surface area contributed by atoms with Crippen LogP contribution in [0, 0.1) is 11.7 Å². The largest absolute Gasteiger partial charge is 0.478 e. The van der Waals surface area contributed by atoms with E-state index in [0.29, 0.717) is 48.4 Å². The summed E-state index contributed by atoms with van der Waals surface area (Å²) in [5, 5.41) is 0.867. The third kappa shape index (κ3) is 5.16. The van der Waals surface area contributed by atoms with Crippen LogP contribution in [0.2, 0.25) is 10.0 Å². The first-order valence-electron chi connectivity index (χ1n) is 11.8. The van der Waals surface area contributed by atoms with E-state index in [9.17, 15) is 9.18 Å². The number of nitrogen functional groups attached to an aromatic ring is 1. The lowest BCUT2D eigenvalue weighted by Crippen LogP contribution is -2.45. The molecule has 4 rings (SSSR count). The van der Waals surface area contributed by atoms with Crippen molar-refractivity contribution < 1.29 is 18.3 Å². The highest BCUT2D eigenvalue weighted by molar-refractivity contribution is 6.36. The molecule has 2 atom stereocenters. The van der Waals surface area contributed by atoms with Crippen LogP contribution >= 0.6 is 23.2 Å². The summed E-state index contributed by atoms with van der Waals surface area (Å²) >= 11 is 12.4. The molecule has 1 aromatic carbocycles. The van der Waals surface area contributed by atoms with Gasteiger partial charge >= 0.3 is 0 Å². The van der Waals surface area contributed by atoms with E-state index in [-0.39, 0.29) is 27.5 Å². The summed E-state index contributed by atoms with van der Waals surface area (Å²) in [5.74, 6) is 0.0509. The molecule has 0 saturated heterocycles. The normalized spacial score (nSPS) is 15.8. The minimum absolute atomic E-state index is 0.0372. The van der Waals surface area contributed by atoms with Crippen LogP contribution in [0.25, 0.3) is 16.5 Å². The number of anilines is 1. The molecule has 0 bridgehead atoms. The number of hydrogen-bond donors (Lipinski definition) is 2. The van der Waals surface area contributed by atoms with Crippen molar-refractivity contribution in [2.45, 2.75) is 45.8 Å². The van der Waals surface area contributed by atoms with Gasteiger partial charge in [-0.05, 0) is 43.4 Å². The summed E-state index contributed by atoms with van der Waals surface area (Å²) in [4.78, 5) is 18.7. The molecule has 3 heterocycles. The third-order valence-corrected chi connectivity index (χ3v) is 7.00. The average Bonchev–Trinajstić information content (AvgIpc) is 3.27. The number of halogens is 3. The van der Waals surface area contributed by atoms with Gasteiger partial charge in [-0.15, -0.1) is 0 Å². The summed E-state index contributed by atoms with van der Waals surface area (Å²) < 4.78 is 26.0. The van der Waals surface area contributed by atoms with Crippen LogP contribution in [0.1, 0.15) is 50.8 Å². The number of carbonyl (C=O) groups excluding carboxylic acids is 1. The number of carbonyl (C=O) groups is 1. The van der Waals surface area contributed by atoms with E-state index in [0.717, 1.165) is 11.1 Å². The topological polar surface area (TPSA) is 108 Å². The van der Waals surface area contributed by atoms with E-state index in [2.05, 4.69) is 4.98 Å². The van der Waals surface area contributed by atoms with Crippen molar-refractivity contribution in [2.24, 2.45) is 11.7 Å². The van der Waals surface area contributed by atoms with Crippen LogP contribution in [0.15, 0.2) is 35.1 Å². The van der Waals surface area contributed by atoms with E-state index in [1.165, 1.54) is 12.1 Å². The van der Waals surface area contributed by atoms with Gasteiger partial charge < -0.3 is 25.5 Å². The minimum atomic E-state index is -0.729. The molecule has 2 unspecified atom stereocenters. The van der Waals surface area contributed by atoms with Gasteiger partial charge in [-0.3, -0.25) is 4.79 Å². The van der Waals surface area contributed by atoms with Crippen LogP contribution in [0.3, 0.4) is 0 Å². The molecule has 7 nitrogen and oxygen atoms in total. The lowest BCUT2D eigenvalue weighted by atomic mass is 9.98. The second-order valence-electron chi connectivity index (χ2n) is 9.38. The van der Waals surface area contributed by atoms with Gasteiger partial charge in [0.15, 0.2) is 11.4 Å².